The van der Waals surface area contributed by atoms with Gasteiger partial charge >= 0.3 is 154 Å². The van der Waals surface area contributed by atoms with E-state index in [2.05, 4.69) is 0 Å². The van der Waals surface area contributed by atoms with Crippen molar-refractivity contribution in [3.05, 3.63) is 0 Å². The van der Waals surface area contributed by atoms with E-state index >= 15 is 0 Å². The number of nitrogens with two attached hydrogens (primary N) is 2. The molecule has 0 aromatic carbocycles. The van der Waals surface area contributed by atoms with Crippen LogP contribution in [-0.4, -0.2) is 42.2 Å². The number of aliphatic hydroxyl groups is 1. The van der Waals surface area contributed by atoms with Crippen molar-refractivity contribution >= 4 is 17.9 Å². The summed E-state index contributed by atoms with van der Waals surface area (Å²) in [7, 11) is 0. The zero-order chi connectivity index (χ0) is 16.4. The van der Waals surface area contributed by atoms with Gasteiger partial charge in [0.05, 0.1) is 0 Å². The first-order valence-electron chi connectivity index (χ1n) is 5.10. The maximum Gasteiger partial charge on any atom is 1.00 e. The second-order valence-electron chi connectivity index (χ2n) is 2.98. The number of carboxylic acids is 3. The number of aliphatic hydroxyl groups excluding tert-OH is 1. The molecule has 22 heavy (non-hydrogen) atoms. The normalized spacial score (nSPS) is 7.91. The second kappa shape index (κ2) is 39.3. The van der Waals surface area contributed by atoms with Crippen LogP contribution in [0.3, 0.4) is 0 Å². The van der Waals surface area contributed by atoms with Gasteiger partial charge in [0.25, 0.3) is 0 Å². The maximum atomic E-state index is 8.89. The van der Waals surface area contributed by atoms with Gasteiger partial charge in [0.15, 0.2) is 0 Å². The number of aliphatic carboxylic acids is 3. The Labute approximate surface area is 258 Å². The predicted octanol–water partition coefficient (Wildman–Crippen LogP) is -14.1. The van der Waals surface area contributed by atoms with Gasteiger partial charge in [0, 0.05) is 37.1 Å². The number of carboxylic acid groups (broad SMARTS) is 3. The summed E-state index contributed by atoms with van der Waals surface area (Å²) in [6.07, 6.45) is 0.608. The summed E-state index contributed by atoms with van der Waals surface area (Å²) >= 11 is 0. The molecule has 0 fully saturated rings. The SMILES string of the molecule is CC(=O)[O-].CC(=O)[O-].CC(=O)[O-].NCC(N)CCO.[K+].[K+].[K+]. The zero-order valence-corrected chi connectivity index (χ0v) is 23.6. The number of rotatable bonds is 3. The number of hydrogen-bond donors (Lipinski definition) is 3. The summed E-state index contributed by atoms with van der Waals surface area (Å²) in [6, 6.07) is -0.0231. The van der Waals surface area contributed by atoms with Crippen molar-refractivity contribution in [3.8, 4) is 0 Å². The molecule has 5 N–H and O–H groups in total. The molecule has 0 heterocycles. The molecular formula is C10H21K3N2O7. The molecule has 1 unspecified atom stereocenters. The van der Waals surface area contributed by atoms with E-state index in [1.165, 1.54) is 0 Å². The van der Waals surface area contributed by atoms with Crippen molar-refractivity contribution in [3.63, 3.8) is 0 Å². The molecule has 0 aliphatic heterocycles. The van der Waals surface area contributed by atoms with Crippen molar-refractivity contribution in [2.24, 2.45) is 11.5 Å². The Morgan fingerprint density at radius 1 is 0.909 bits per heavy atom. The molecule has 0 saturated carbocycles. The molecule has 0 aliphatic carbocycles. The van der Waals surface area contributed by atoms with E-state index in [1.54, 1.807) is 0 Å². The maximum absolute atomic E-state index is 8.89. The Bertz CT molecular complexity index is 206. The number of carbonyl (C=O) groups is 3. The molecule has 0 saturated heterocycles. The molecule has 1 atom stereocenters. The molecular weight excluding hydrogens is 377 g/mol. The van der Waals surface area contributed by atoms with Gasteiger partial charge in [-0.3, -0.25) is 0 Å². The van der Waals surface area contributed by atoms with Crippen molar-refractivity contribution in [1.29, 1.82) is 0 Å². The summed E-state index contributed by atoms with van der Waals surface area (Å²) in [5.41, 5.74) is 10.4. The Morgan fingerprint density at radius 2 is 1.09 bits per heavy atom. The molecule has 0 rings (SSSR count). The molecule has 12 heteroatoms. The average molecular weight is 399 g/mol. The molecule has 0 bridgehead atoms. The largest absolute Gasteiger partial charge is 1.00 e. The Hall–Kier alpha value is 3.20. The summed E-state index contributed by atoms with van der Waals surface area (Å²) in [6.45, 7) is 3.51. The van der Waals surface area contributed by atoms with E-state index in [-0.39, 0.29) is 167 Å². The van der Waals surface area contributed by atoms with E-state index < -0.39 is 17.9 Å². The zero-order valence-electron chi connectivity index (χ0n) is 14.3. The smallest absolute Gasteiger partial charge is 0.550 e. The third-order valence-corrected chi connectivity index (χ3v) is 0.803. The van der Waals surface area contributed by atoms with Gasteiger partial charge in [-0.15, -0.1) is 0 Å². The summed E-state index contributed by atoms with van der Waals surface area (Å²) in [4.78, 5) is 26.7. The van der Waals surface area contributed by atoms with Crippen LogP contribution in [0.2, 0.25) is 0 Å². The van der Waals surface area contributed by atoms with Gasteiger partial charge in [-0.05, 0) is 27.2 Å². The molecule has 0 aliphatic rings. The summed E-state index contributed by atoms with van der Waals surface area (Å²) < 4.78 is 0. The van der Waals surface area contributed by atoms with E-state index in [4.69, 9.17) is 46.3 Å². The fourth-order valence-corrected chi connectivity index (χ4v) is 0.284. The third-order valence-electron chi connectivity index (χ3n) is 0.803. The van der Waals surface area contributed by atoms with E-state index in [0.717, 1.165) is 20.8 Å². The van der Waals surface area contributed by atoms with Gasteiger partial charge in [-0.2, -0.15) is 0 Å². The molecule has 9 nitrogen and oxygen atoms in total. The predicted molar refractivity (Wildman–Crippen MR) is 60.8 cm³/mol. The number of hydrogen-bond acceptors (Lipinski definition) is 9. The van der Waals surface area contributed by atoms with Crippen LogP contribution in [0.5, 0.6) is 0 Å². The number of carbonyl (C=O) groups excluding carboxylic acids is 3. The van der Waals surface area contributed by atoms with Crippen LogP contribution in [0.15, 0.2) is 0 Å². The minimum atomic E-state index is -1.08. The molecule has 0 amide bonds. The van der Waals surface area contributed by atoms with Gasteiger partial charge < -0.3 is 46.3 Å². The van der Waals surface area contributed by atoms with E-state index in [1.807, 2.05) is 0 Å². The Morgan fingerprint density at radius 3 is 1.14 bits per heavy atom. The monoisotopic (exact) mass is 398 g/mol. The minimum Gasteiger partial charge on any atom is -0.550 e. The summed E-state index contributed by atoms with van der Waals surface area (Å²) in [5, 5.41) is 34.9. The fourth-order valence-electron chi connectivity index (χ4n) is 0.284. The molecule has 0 spiro atoms. The van der Waals surface area contributed by atoms with Crippen LogP contribution in [0.1, 0.15) is 27.2 Å². The third kappa shape index (κ3) is 170. The second-order valence-corrected chi connectivity index (χ2v) is 2.98. The van der Waals surface area contributed by atoms with Gasteiger partial charge in [0.1, 0.15) is 0 Å². The van der Waals surface area contributed by atoms with Crippen LogP contribution in [0.4, 0.5) is 0 Å². The quantitative estimate of drug-likeness (QED) is 0.387. The first kappa shape index (κ1) is 44.6. The van der Waals surface area contributed by atoms with Crippen molar-refractivity contribution in [2.45, 2.75) is 33.2 Å². The van der Waals surface area contributed by atoms with Crippen molar-refractivity contribution in [1.82, 2.24) is 0 Å². The van der Waals surface area contributed by atoms with Crippen LogP contribution in [-0.2, 0) is 14.4 Å². The van der Waals surface area contributed by atoms with E-state index in [0.29, 0.717) is 13.0 Å². The topological polar surface area (TPSA) is 193 Å². The van der Waals surface area contributed by atoms with Gasteiger partial charge in [-0.25, -0.2) is 0 Å². The van der Waals surface area contributed by atoms with Crippen LogP contribution >= 0.6 is 0 Å². The molecule has 0 aromatic heterocycles. The van der Waals surface area contributed by atoms with Crippen LogP contribution < -0.4 is 181 Å². The molecule has 0 aromatic rings. The Kier molecular flexibility index (Phi) is 79.6. The summed E-state index contributed by atoms with van der Waals surface area (Å²) in [5.74, 6) is -3.25. The van der Waals surface area contributed by atoms with Crippen molar-refractivity contribution in [2.75, 3.05) is 13.2 Å². The molecule has 116 valence electrons. The van der Waals surface area contributed by atoms with Gasteiger partial charge in [0.2, 0.25) is 0 Å². The van der Waals surface area contributed by atoms with Crippen LogP contribution in [0.25, 0.3) is 0 Å². The Balaban J connectivity index is -0.0000000270. The van der Waals surface area contributed by atoms with Gasteiger partial charge in [-0.1, -0.05) is 0 Å². The fraction of sp³-hybridized carbons (Fsp3) is 0.700. The minimum absolute atomic E-state index is 0. The van der Waals surface area contributed by atoms with Crippen LogP contribution in [0, 0.1) is 0 Å². The molecule has 0 radical (unpaired) electrons. The van der Waals surface area contributed by atoms with E-state index in [9.17, 15) is 0 Å². The first-order valence-corrected chi connectivity index (χ1v) is 5.10. The van der Waals surface area contributed by atoms with Crippen molar-refractivity contribution < 1.29 is 189 Å². The average Bonchev–Trinajstić information content (AvgIpc) is 2.15. The standard InChI is InChI=1S/C4H12N2O.3C2H4O2.3K/c5-3-4(6)1-2-7;3*1-2(3)4;;;/h4,7H,1-3,5-6H2;3*1H3,(H,3,4);;;/q;;;;3*+1/p-3. The first-order chi connectivity index (χ1) is 8.50.